The fraction of sp³-hybridized carbons (Fsp3) is 0.391. The zero-order valence-corrected chi connectivity index (χ0v) is 17.3. The molecule has 0 spiro atoms. The Balaban J connectivity index is 1.45. The second-order valence-electron chi connectivity index (χ2n) is 7.48. The van der Waals surface area contributed by atoms with Crippen molar-refractivity contribution in [1.29, 1.82) is 5.26 Å². The molecule has 3 rings (SSSR count). The molecule has 0 N–H and O–H groups in total. The van der Waals surface area contributed by atoms with E-state index in [1.165, 1.54) is 0 Å². The van der Waals surface area contributed by atoms with E-state index in [2.05, 4.69) is 16.0 Å². The molecule has 1 saturated heterocycles. The molecule has 1 amide bonds. The molecule has 30 heavy (non-hydrogen) atoms. The van der Waals surface area contributed by atoms with Crippen LogP contribution >= 0.6 is 0 Å². The number of nitrogens with zero attached hydrogens (tertiary/aromatic N) is 4. The number of carbonyl (C=O) groups excluding carboxylic acids is 2. The van der Waals surface area contributed by atoms with Crippen molar-refractivity contribution in [3.8, 4) is 6.07 Å². The minimum absolute atomic E-state index is 0.0967. The van der Waals surface area contributed by atoms with Gasteiger partial charge in [-0.25, -0.2) is 4.98 Å². The van der Waals surface area contributed by atoms with E-state index >= 15 is 0 Å². The molecule has 1 fully saturated rings. The summed E-state index contributed by atoms with van der Waals surface area (Å²) >= 11 is 0. The van der Waals surface area contributed by atoms with Crippen LogP contribution in [0.1, 0.15) is 36.9 Å². The lowest BCUT2D eigenvalue weighted by Gasteiger charge is -2.32. The van der Waals surface area contributed by atoms with Crippen LogP contribution in [0.3, 0.4) is 0 Å². The molecule has 7 nitrogen and oxygen atoms in total. The van der Waals surface area contributed by atoms with Gasteiger partial charge >= 0.3 is 5.97 Å². The molecule has 1 aromatic carbocycles. The minimum Gasteiger partial charge on any atom is -0.455 e. The highest BCUT2D eigenvalue weighted by Gasteiger charge is 2.28. The van der Waals surface area contributed by atoms with E-state index in [0.717, 1.165) is 11.4 Å². The lowest BCUT2D eigenvalue weighted by molar-refractivity contribution is -0.156. The van der Waals surface area contributed by atoms with Gasteiger partial charge in [0.15, 0.2) is 6.61 Å². The van der Waals surface area contributed by atoms with E-state index in [4.69, 9.17) is 10.00 Å². The number of hydrogen-bond acceptors (Lipinski definition) is 6. The number of likely N-dealkylation sites (N-methyl/N-ethyl adjacent to an activating group) is 1. The van der Waals surface area contributed by atoms with Crippen LogP contribution in [0.25, 0.3) is 0 Å². The average Bonchev–Trinajstić information content (AvgIpc) is 2.82. The Bertz CT molecular complexity index is 900. The quantitative estimate of drug-likeness (QED) is 0.686. The molecule has 0 bridgehead atoms. The number of carbonyl (C=O) groups is 2. The Labute approximate surface area is 176 Å². The standard InChI is InChI=1S/C23H26N4O3/c1-17(19-6-4-3-5-7-19)26(2)22(28)16-30-23(29)20-10-12-27(13-11-20)21-9-8-18(14-24)15-25-21/h3-9,15,17,20H,10-13,16H2,1-2H3. The number of hydrogen-bond donors (Lipinski definition) is 0. The normalized spacial score (nSPS) is 15.2. The Morgan fingerprint density at radius 3 is 2.53 bits per heavy atom. The van der Waals surface area contributed by atoms with Crippen molar-refractivity contribution in [2.75, 3.05) is 31.6 Å². The van der Waals surface area contributed by atoms with Gasteiger partial charge in [-0.3, -0.25) is 9.59 Å². The van der Waals surface area contributed by atoms with Gasteiger partial charge in [-0.2, -0.15) is 5.26 Å². The third-order valence-electron chi connectivity index (χ3n) is 5.62. The first-order valence-corrected chi connectivity index (χ1v) is 10.1. The molecule has 1 atom stereocenters. The molecule has 1 aliphatic heterocycles. The van der Waals surface area contributed by atoms with E-state index < -0.39 is 0 Å². The zero-order valence-electron chi connectivity index (χ0n) is 17.3. The number of pyridine rings is 1. The molecule has 1 aromatic heterocycles. The number of ether oxygens (including phenoxy) is 1. The second-order valence-corrected chi connectivity index (χ2v) is 7.48. The highest BCUT2D eigenvalue weighted by atomic mass is 16.5. The van der Waals surface area contributed by atoms with Gasteiger partial charge < -0.3 is 14.5 Å². The maximum Gasteiger partial charge on any atom is 0.309 e. The van der Waals surface area contributed by atoms with Gasteiger partial charge in [0.2, 0.25) is 0 Å². The Morgan fingerprint density at radius 1 is 1.23 bits per heavy atom. The number of amides is 1. The summed E-state index contributed by atoms with van der Waals surface area (Å²) in [6, 6.07) is 15.3. The Hall–Kier alpha value is -3.40. The molecule has 2 aromatic rings. The van der Waals surface area contributed by atoms with Crippen LogP contribution in [0.2, 0.25) is 0 Å². The first-order chi connectivity index (χ1) is 14.5. The van der Waals surface area contributed by atoms with Crippen LogP contribution in [0.15, 0.2) is 48.7 Å². The maximum atomic E-state index is 12.4. The fourth-order valence-corrected chi connectivity index (χ4v) is 3.51. The molecule has 7 heteroatoms. The monoisotopic (exact) mass is 406 g/mol. The second kappa shape index (κ2) is 9.88. The summed E-state index contributed by atoms with van der Waals surface area (Å²) in [5, 5.41) is 8.86. The smallest absolute Gasteiger partial charge is 0.309 e. The summed E-state index contributed by atoms with van der Waals surface area (Å²) in [7, 11) is 1.72. The van der Waals surface area contributed by atoms with Gasteiger partial charge in [0.25, 0.3) is 5.91 Å². The summed E-state index contributed by atoms with van der Waals surface area (Å²) in [6.07, 6.45) is 2.84. The van der Waals surface area contributed by atoms with Crippen molar-refractivity contribution in [3.63, 3.8) is 0 Å². The SMILES string of the molecule is CC(c1ccccc1)N(C)C(=O)COC(=O)C1CCN(c2ccc(C#N)cn2)CC1. The summed E-state index contributed by atoms with van der Waals surface area (Å²) < 4.78 is 5.32. The largest absolute Gasteiger partial charge is 0.455 e. The fourth-order valence-electron chi connectivity index (χ4n) is 3.51. The third-order valence-corrected chi connectivity index (χ3v) is 5.62. The van der Waals surface area contributed by atoms with Crippen LogP contribution < -0.4 is 4.90 Å². The van der Waals surface area contributed by atoms with Crippen LogP contribution in [0.4, 0.5) is 5.82 Å². The van der Waals surface area contributed by atoms with Gasteiger partial charge in [0.1, 0.15) is 11.9 Å². The number of esters is 1. The Morgan fingerprint density at radius 2 is 1.93 bits per heavy atom. The molecule has 0 saturated carbocycles. The summed E-state index contributed by atoms with van der Waals surface area (Å²) in [5.74, 6) is 0.0345. The van der Waals surface area contributed by atoms with Crippen LogP contribution in [0.5, 0.6) is 0 Å². The lowest BCUT2D eigenvalue weighted by Crippen LogP contribution is -2.39. The minimum atomic E-state index is -0.323. The van der Waals surface area contributed by atoms with Crippen molar-refractivity contribution in [1.82, 2.24) is 9.88 Å². The van der Waals surface area contributed by atoms with E-state index in [1.54, 1.807) is 24.2 Å². The molecule has 156 valence electrons. The first kappa shape index (κ1) is 21.3. The molecule has 2 heterocycles. The molecule has 0 aliphatic carbocycles. The van der Waals surface area contributed by atoms with E-state index in [0.29, 0.717) is 31.5 Å². The molecular weight excluding hydrogens is 380 g/mol. The van der Waals surface area contributed by atoms with Gasteiger partial charge in [0, 0.05) is 26.3 Å². The molecular formula is C23H26N4O3. The van der Waals surface area contributed by atoms with Gasteiger partial charge in [-0.05, 0) is 37.5 Å². The number of rotatable bonds is 6. The predicted octanol–water partition coefficient (Wildman–Crippen LogP) is 2.93. The topological polar surface area (TPSA) is 86.5 Å². The number of nitriles is 1. The van der Waals surface area contributed by atoms with Crippen LogP contribution in [-0.2, 0) is 14.3 Å². The number of aromatic nitrogens is 1. The number of benzene rings is 1. The van der Waals surface area contributed by atoms with Crippen molar-refractivity contribution in [3.05, 3.63) is 59.8 Å². The molecule has 1 aliphatic rings. The van der Waals surface area contributed by atoms with Crippen LogP contribution in [-0.4, -0.2) is 48.5 Å². The van der Waals surface area contributed by atoms with Crippen LogP contribution in [0, 0.1) is 17.2 Å². The highest BCUT2D eigenvalue weighted by Crippen LogP contribution is 2.23. The van der Waals surface area contributed by atoms with Crippen molar-refractivity contribution >= 4 is 17.7 Å². The van der Waals surface area contributed by atoms with E-state index in [-0.39, 0.29) is 30.4 Å². The van der Waals surface area contributed by atoms with Crippen molar-refractivity contribution in [2.24, 2.45) is 5.92 Å². The van der Waals surface area contributed by atoms with Gasteiger partial charge in [0.05, 0.1) is 17.5 Å². The zero-order chi connectivity index (χ0) is 21.5. The lowest BCUT2D eigenvalue weighted by atomic mass is 9.97. The third kappa shape index (κ3) is 5.15. The van der Waals surface area contributed by atoms with E-state index in [9.17, 15) is 9.59 Å². The Kier molecular flexibility index (Phi) is 7.02. The van der Waals surface area contributed by atoms with E-state index in [1.807, 2.05) is 43.3 Å². The van der Waals surface area contributed by atoms with Crippen molar-refractivity contribution < 1.29 is 14.3 Å². The predicted molar refractivity (Wildman–Crippen MR) is 112 cm³/mol. The summed E-state index contributed by atoms with van der Waals surface area (Å²) in [6.45, 7) is 3.06. The maximum absolute atomic E-state index is 12.4. The average molecular weight is 406 g/mol. The molecule has 1 unspecified atom stereocenters. The van der Waals surface area contributed by atoms with Crippen molar-refractivity contribution in [2.45, 2.75) is 25.8 Å². The molecule has 0 radical (unpaired) electrons. The number of piperidine rings is 1. The van der Waals surface area contributed by atoms with Gasteiger partial charge in [-0.1, -0.05) is 30.3 Å². The van der Waals surface area contributed by atoms with Gasteiger partial charge in [-0.15, -0.1) is 0 Å². The summed E-state index contributed by atoms with van der Waals surface area (Å²) in [4.78, 5) is 32.9. The first-order valence-electron chi connectivity index (χ1n) is 10.1. The number of anilines is 1. The summed E-state index contributed by atoms with van der Waals surface area (Å²) in [5.41, 5.74) is 1.55. The highest BCUT2D eigenvalue weighted by molar-refractivity contribution is 5.81.